The number of carboxylic acid groups (broad SMARTS) is 1. The van der Waals surface area contributed by atoms with E-state index in [9.17, 15) is 28.2 Å². The molecule has 0 aliphatic rings. The van der Waals surface area contributed by atoms with Crippen molar-refractivity contribution in [1.82, 2.24) is 0 Å². The van der Waals surface area contributed by atoms with E-state index in [1.807, 2.05) is 19.9 Å². The second-order valence-corrected chi connectivity index (χ2v) is 6.84. The van der Waals surface area contributed by atoms with Crippen LogP contribution in [0.1, 0.15) is 53.4 Å². The fourth-order valence-corrected chi connectivity index (χ4v) is 2.82. The van der Waals surface area contributed by atoms with Crippen LogP contribution in [0.25, 0.3) is 12.2 Å². The molecular weight excluding hydrogens is 397 g/mol. The van der Waals surface area contributed by atoms with E-state index in [4.69, 9.17) is 4.74 Å². The number of ether oxygens (including phenoxy) is 1. The van der Waals surface area contributed by atoms with Crippen molar-refractivity contribution in [2.45, 2.75) is 33.4 Å². The molecule has 0 fully saturated rings. The summed E-state index contributed by atoms with van der Waals surface area (Å²) in [5.74, 6) is -1.36. The number of hydrogen-bond acceptors (Lipinski definition) is 3. The second kappa shape index (κ2) is 9.52. The van der Waals surface area contributed by atoms with Gasteiger partial charge in [-0.3, -0.25) is 0 Å². The number of halogens is 3. The number of benzene rings is 2. The Morgan fingerprint density at radius 3 is 2.27 bits per heavy atom. The lowest BCUT2D eigenvalue weighted by molar-refractivity contribution is -0.137. The molecule has 4 nitrogen and oxygen atoms in total. The molecule has 0 unspecified atom stereocenters. The van der Waals surface area contributed by atoms with Crippen LogP contribution < -0.4 is 4.74 Å². The summed E-state index contributed by atoms with van der Waals surface area (Å²) in [4.78, 5) is 11.8. The van der Waals surface area contributed by atoms with Crippen molar-refractivity contribution in [3.8, 4) is 11.5 Å². The van der Waals surface area contributed by atoms with Gasteiger partial charge in [-0.25, -0.2) is 4.79 Å². The predicted molar refractivity (Wildman–Crippen MR) is 110 cm³/mol. The van der Waals surface area contributed by atoms with Gasteiger partial charge in [-0.15, -0.1) is 0 Å². The Balaban J connectivity index is 2.51. The molecule has 2 N–H and O–H groups in total. The number of phenols is 1. The van der Waals surface area contributed by atoms with E-state index < -0.39 is 23.5 Å². The summed E-state index contributed by atoms with van der Waals surface area (Å²) in [6.45, 7) is 5.85. The lowest BCUT2D eigenvalue weighted by Gasteiger charge is -2.15. The molecule has 2 aromatic rings. The highest BCUT2D eigenvalue weighted by atomic mass is 19.4. The smallest absolute Gasteiger partial charge is 0.416 e. The van der Waals surface area contributed by atoms with Crippen LogP contribution in [0.2, 0.25) is 0 Å². The van der Waals surface area contributed by atoms with Crippen molar-refractivity contribution in [2.24, 2.45) is 0 Å². The minimum absolute atomic E-state index is 0.185. The SMILES string of the molecule is CCOc1cc(C=Cc2ccc(C(F)(F)F)cc2)c(C(=O)O)c(O)c1CC=C(C)C. The zero-order valence-electron chi connectivity index (χ0n) is 16.9. The molecule has 0 saturated heterocycles. The Morgan fingerprint density at radius 2 is 1.77 bits per heavy atom. The van der Waals surface area contributed by atoms with E-state index in [0.717, 1.165) is 17.7 Å². The quantitative estimate of drug-likeness (QED) is 0.414. The molecule has 30 heavy (non-hydrogen) atoms. The fourth-order valence-electron chi connectivity index (χ4n) is 2.82. The maximum absolute atomic E-state index is 12.7. The van der Waals surface area contributed by atoms with E-state index in [1.54, 1.807) is 6.92 Å². The molecule has 0 saturated carbocycles. The van der Waals surface area contributed by atoms with Gasteiger partial charge < -0.3 is 14.9 Å². The molecule has 2 aromatic carbocycles. The molecule has 160 valence electrons. The molecule has 2 rings (SSSR count). The van der Waals surface area contributed by atoms with Crippen molar-refractivity contribution in [3.63, 3.8) is 0 Å². The largest absolute Gasteiger partial charge is 0.507 e. The minimum atomic E-state index is -4.43. The van der Waals surface area contributed by atoms with Crippen LogP contribution in [0, 0.1) is 0 Å². The number of carboxylic acids is 1. The summed E-state index contributed by atoms with van der Waals surface area (Å²) < 4.78 is 43.7. The van der Waals surface area contributed by atoms with Gasteiger partial charge in [-0.1, -0.05) is 35.9 Å². The monoisotopic (exact) mass is 420 g/mol. The van der Waals surface area contributed by atoms with Crippen molar-refractivity contribution in [3.05, 3.63) is 69.8 Å². The number of allylic oxidation sites excluding steroid dienone is 2. The zero-order valence-corrected chi connectivity index (χ0v) is 16.9. The fraction of sp³-hybridized carbons (Fsp3) is 0.261. The van der Waals surface area contributed by atoms with Crippen molar-refractivity contribution in [1.29, 1.82) is 0 Å². The van der Waals surface area contributed by atoms with E-state index in [-0.39, 0.29) is 11.1 Å². The van der Waals surface area contributed by atoms with E-state index >= 15 is 0 Å². The summed E-state index contributed by atoms with van der Waals surface area (Å²) in [5.41, 5.74) is 0.932. The molecule has 0 radical (unpaired) electrons. The first-order valence-corrected chi connectivity index (χ1v) is 9.28. The van der Waals surface area contributed by atoms with Crippen molar-refractivity contribution >= 4 is 18.1 Å². The van der Waals surface area contributed by atoms with Gasteiger partial charge in [0.05, 0.1) is 12.2 Å². The number of aromatic carboxylic acids is 1. The Morgan fingerprint density at radius 1 is 1.13 bits per heavy atom. The first-order chi connectivity index (χ1) is 14.0. The normalized spacial score (nSPS) is 11.5. The molecule has 0 atom stereocenters. The first kappa shape index (κ1) is 23.1. The first-order valence-electron chi connectivity index (χ1n) is 9.28. The highest BCUT2D eigenvalue weighted by Crippen LogP contribution is 2.36. The van der Waals surface area contributed by atoms with E-state index in [0.29, 0.717) is 29.9 Å². The molecule has 0 spiro atoms. The van der Waals surface area contributed by atoms with Gasteiger partial charge in [0.1, 0.15) is 17.1 Å². The highest BCUT2D eigenvalue weighted by Gasteiger charge is 2.29. The average Bonchev–Trinajstić information content (AvgIpc) is 2.65. The van der Waals surface area contributed by atoms with Crippen LogP contribution in [-0.4, -0.2) is 22.8 Å². The predicted octanol–water partition coefficient (Wildman–Crippen LogP) is 6.19. The van der Waals surface area contributed by atoms with Crippen molar-refractivity contribution < 1.29 is 32.9 Å². The van der Waals surface area contributed by atoms with Gasteiger partial charge in [0.25, 0.3) is 0 Å². The van der Waals surface area contributed by atoms with Crippen molar-refractivity contribution in [2.75, 3.05) is 6.61 Å². The van der Waals surface area contributed by atoms with E-state index in [1.165, 1.54) is 30.4 Å². The summed E-state index contributed by atoms with van der Waals surface area (Å²) in [6, 6.07) is 5.98. The summed E-state index contributed by atoms with van der Waals surface area (Å²) in [7, 11) is 0. The lowest BCUT2D eigenvalue weighted by atomic mass is 9.97. The van der Waals surface area contributed by atoms with Gasteiger partial charge in [0.2, 0.25) is 0 Å². The number of aromatic hydroxyl groups is 1. The van der Waals surface area contributed by atoms with Crippen LogP contribution in [0.5, 0.6) is 11.5 Å². The van der Waals surface area contributed by atoms with Gasteiger partial charge in [-0.05, 0) is 56.5 Å². The second-order valence-electron chi connectivity index (χ2n) is 6.84. The third kappa shape index (κ3) is 5.65. The zero-order chi connectivity index (χ0) is 22.5. The number of hydrogen-bond donors (Lipinski definition) is 2. The molecule has 0 aromatic heterocycles. The molecule has 7 heteroatoms. The topological polar surface area (TPSA) is 66.8 Å². The summed E-state index contributed by atoms with van der Waals surface area (Å²) in [6.07, 6.45) is 0.622. The third-order valence-electron chi connectivity index (χ3n) is 4.32. The average molecular weight is 420 g/mol. The summed E-state index contributed by atoms with van der Waals surface area (Å²) >= 11 is 0. The van der Waals surface area contributed by atoms with Gasteiger partial charge in [-0.2, -0.15) is 13.2 Å². The van der Waals surface area contributed by atoms with Gasteiger partial charge in [0.15, 0.2) is 0 Å². The Bertz CT molecular complexity index is 967. The Labute approximate surface area is 172 Å². The number of alkyl halides is 3. The Hall–Kier alpha value is -3.22. The molecule has 0 aliphatic carbocycles. The van der Waals surface area contributed by atoms with Crippen LogP contribution in [0.4, 0.5) is 13.2 Å². The number of rotatable bonds is 7. The Kier molecular flexibility index (Phi) is 7.32. The molecular formula is C23H23F3O4. The summed E-state index contributed by atoms with van der Waals surface area (Å²) in [5, 5.41) is 20.3. The molecule has 0 heterocycles. The van der Waals surface area contributed by atoms with Gasteiger partial charge >= 0.3 is 12.1 Å². The maximum atomic E-state index is 12.7. The van der Waals surface area contributed by atoms with Gasteiger partial charge in [0, 0.05) is 5.56 Å². The highest BCUT2D eigenvalue weighted by molar-refractivity contribution is 5.97. The third-order valence-corrected chi connectivity index (χ3v) is 4.32. The number of carbonyl (C=O) groups is 1. The van der Waals surface area contributed by atoms with E-state index in [2.05, 4.69) is 0 Å². The van der Waals surface area contributed by atoms with Crippen LogP contribution in [-0.2, 0) is 12.6 Å². The van der Waals surface area contributed by atoms with Crippen LogP contribution in [0.15, 0.2) is 42.0 Å². The molecule has 0 aliphatic heterocycles. The molecule has 0 amide bonds. The minimum Gasteiger partial charge on any atom is -0.507 e. The standard InChI is InChI=1S/C23H23F3O4/c1-4-30-19-13-16(9-6-15-7-10-17(11-8-15)23(24,25)26)20(22(28)29)21(27)18(19)12-5-14(2)3/h5-11,13,27H,4,12H2,1-3H3,(H,28,29). The lowest BCUT2D eigenvalue weighted by Crippen LogP contribution is -2.06. The van der Waals surface area contributed by atoms with Crippen LogP contribution in [0.3, 0.4) is 0 Å². The van der Waals surface area contributed by atoms with Crippen LogP contribution >= 0.6 is 0 Å². The maximum Gasteiger partial charge on any atom is 0.416 e. The molecule has 0 bridgehead atoms.